The van der Waals surface area contributed by atoms with Crippen molar-refractivity contribution in [1.29, 1.82) is 0 Å². The molecule has 2 rings (SSSR count). The third kappa shape index (κ3) is 2.89. The van der Waals surface area contributed by atoms with Crippen LogP contribution in [0.1, 0.15) is 31.9 Å². The summed E-state index contributed by atoms with van der Waals surface area (Å²) in [4.78, 5) is 6.69. The van der Waals surface area contributed by atoms with Crippen LogP contribution in [0.5, 0.6) is 0 Å². The molecule has 0 aliphatic carbocycles. The second kappa shape index (κ2) is 5.88. The average molecular weight is 423 g/mol. The average Bonchev–Trinajstić information content (AvgIpc) is 2.29. The van der Waals surface area contributed by atoms with E-state index in [-0.39, 0.29) is 21.1 Å². The molecule has 19 heavy (non-hydrogen) atoms. The Morgan fingerprint density at radius 3 is 2.37 bits per heavy atom. The predicted octanol–water partition coefficient (Wildman–Crippen LogP) is 4.15. The van der Waals surface area contributed by atoms with E-state index in [1.807, 2.05) is 19.9 Å². The van der Waals surface area contributed by atoms with E-state index in [4.69, 9.17) is 0 Å². The van der Waals surface area contributed by atoms with Gasteiger partial charge in [0.1, 0.15) is 0 Å². The van der Waals surface area contributed by atoms with Crippen molar-refractivity contribution >= 4 is 11.5 Å². The molecule has 1 aromatic rings. The number of hydrogen-bond donors (Lipinski definition) is 0. The molecule has 1 aliphatic rings. The van der Waals surface area contributed by atoms with Crippen LogP contribution in [0, 0.1) is 19.9 Å². The largest absolute Gasteiger partial charge is 0.354 e. The first-order valence-electron chi connectivity index (χ1n) is 6.13. The Balaban J connectivity index is 0.00000180. The van der Waals surface area contributed by atoms with Gasteiger partial charge in [0.15, 0.2) is 0 Å². The number of benzene rings is 1. The van der Waals surface area contributed by atoms with Crippen LogP contribution in [0.2, 0.25) is 0 Å². The molecule has 0 aromatic heterocycles. The van der Waals surface area contributed by atoms with Crippen molar-refractivity contribution in [2.24, 2.45) is 4.99 Å². The van der Waals surface area contributed by atoms with Crippen LogP contribution in [0.25, 0.3) is 0 Å². The Hall–Kier alpha value is -1.14. The molecular weight excluding hydrogens is 404 g/mol. The number of anilines is 1. The minimum Gasteiger partial charge on any atom is -0.354 e. The Bertz CT molecular complexity index is 580. The molecule has 0 atom stereocenters. The molecule has 1 aliphatic heterocycles. The van der Waals surface area contributed by atoms with E-state index in [9.17, 15) is 0 Å². The minimum atomic E-state index is 0. The molecule has 0 radical (unpaired) electrons. The summed E-state index contributed by atoms with van der Waals surface area (Å²) in [5.74, 6) is 0.962. The fourth-order valence-electron chi connectivity index (χ4n) is 2.25. The Morgan fingerprint density at radius 1 is 1.16 bits per heavy atom. The van der Waals surface area contributed by atoms with Gasteiger partial charge in [-0.1, -0.05) is 26.1 Å². The maximum absolute atomic E-state index is 4.58. The number of aryl methyl sites for hydroxylation is 2. The van der Waals surface area contributed by atoms with Crippen molar-refractivity contribution in [1.82, 2.24) is 0 Å². The van der Waals surface area contributed by atoms with Crippen LogP contribution in [-0.2, 0) is 21.1 Å². The van der Waals surface area contributed by atoms with Gasteiger partial charge in [-0.25, -0.2) is 4.99 Å². The van der Waals surface area contributed by atoms with E-state index in [1.54, 1.807) is 0 Å². The number of allylic oxidation sites excluding steroid dienone is 2. The maximum Gasteiger partial charge on any atom is 0.0991 e. The zero-order valence-electron chi connectivity index (χ0n) is 12.2. The smallest absolute Gasteiger partial charge is 0.0991 e. The van der Waals surface area contributed by atoms with Gasteiger partial charge in [-0.05, 0) is 26.3 Å². The van der Waals surface area contributed by atoms with E-state index in [1.165, 1.54) is 5.56 Å². The Labute approximate surface area is 130 Å². The van der Waals surface area contributed by atoms with Crippen LogP contribution < -0.4 is 4.90 Å². The first kappa shape index (κ1) is 15.9. The fraction of sp³-hybridized carbons (Fsp3) is 0.312. The van der Waals surface area contributed by atoms with Gasteiger partial charge in [-0.3, -0.25) is 0 Å². The molecule has 0 bridgehead atoms. The molecule has 0 unspecified atom stereocenters. The van der Waals surface area contributed by atoms with E-state index in [2.05, 4.69) is 49.4 Å². The molecular formula is C16H19N2W-. The predicted molar refractivity (Wildman–Crippen MR) is 77.9 cm³/mol. The second-order valence-electron chi connectivity index (χ2n) is 4.84. The summed E-state index contributed by atoms with van der Waals surface area (Å²) in [6.07, 6.45) is 0. The standard InChI is InChI=1S/C16H19N2.W/c1-10-7-8-16(11(2)9-10)18-14(5)12(3)13(4)17-15(18)6;/h8-9H,5H2,1-4,6H3;/q-1;. The summed E-state index contributed by atoms with van der Waals surface area (Å²) in [5.41, 5.74) is 6.66. The number of aliphatic imine (C=N–C) groups is 1. The van der Waals surface area contributed by atoms with Gasteiger partial charge >= 0.3 is 0 Å². The molecule has 0 N–H and O–H groups in total. The van der Waals surface area contributed by atoms with Gasteiger partial charge in [0.2, 0.25) is 0 Å². The summed E-state index contributed by atoms with van der Waals surface area (Å²) in [7, 11) is 0. The first-order valence-corrected chi connectivity index (χ1v) is 6.13. The third-order valence-corrected chi connectivity index (χ3v) is 3.41. The van der Waals surface area contributed by atoms with E-state index in [0.29, 0.717) is 0 Å². The van der Waals surface area contributed by atoms with Crippen LogP contribution in [-0.4, -0.2) is 5.84 Å². The van der Waals surface area contributed by atoms with Crippen molar-refractivity contribution in [3.63, 3.8) is 0 Å². The van der Waals surface area contributed by atoms with Crippen LogP contribution in [0.4, 0.5) is 5.69 Å². The molecule has 0 amide bonds. The van der Waals surface area contributed by atoms with Crippen molar-refractivity contribution in [2.75, 3.05) is 4.90 Å². The summed E-state index contributed by atoms with van der Waals surface area (Å²) in [6, 6.07) is 7.40. The summed E-state index contributed by atoms with van der Waals surface area (Å²) in [5, 5.41) is 0. The Morgan fingerprint density at radius 2 is 1.79 bits per heavy atom. The second-order valence-corrected chi connectivity index (χ2v) is 4.84. The first-order chi connectivity index (χ1) is 8.41. The monoisotopic (exact) mass is 423 g/mol. The van der Waals surface area contributed by atoms with Gasteiger partial charge in [0.25, 0.3) is 0 Å². The molecule has 0 fully saturated rings. The van der Waals surface area contributed by atoms with E-state index in [0.717, 1.165) is 34.1 Å². The quantitative estimate of drug-likeness (QED) is 0.620. The number of rotatable bonds is 1. The van der Waals surface area contributed by atoms with Crippen molar-refractivity contribution < 1.29 is 21.1 Å². The van der Waals surface area contributed by atoms with Crippen LogP contribution >= 0.6 is 0 Å². The molecule has 3 heteroatoms. The fourth-order valence-corrected chi connectivity index (χ4v) is 2.25. The van der Waals surface area contributed by atoms with Gasteiger partial charge in [0.05, 0.1) is 5.84 Å². The Kier molecular flexibility index (Phi) is 4.92. The maximum atomic E-state index is 4.58. The van der Waals surface area contributed by atoms with Gasteiger partial charge in [-0.15, -0.1) is 5.56 Å². The number of amidine groups is 1. The normalized spacial score (nSPS) is 15.3. The number of nitrogens with zero attached hydrogens (tertiary/aromatic N) is 2. The van der Waals surface area contributed by atoms with Crippen LogP contribution in [0.15, 0.2) is 40.7 Å². The molecule has 2 nitrogen and oxygen atoms in total. The van der Waals surface area contributed by atoms with Gasteiger partial charge in [-0.2, -0.15) is 23.8 Å². The minimum absolute atomic E-state index is 0. The zero-order chi connectivity index (χ0) is 13.4. The third-order valence-electron chi connectivity index (χ3n) is 3.41. The van der Waals surface area contributed by atoms with E-state index >= 15 is 0 Å². The summed E-state index contributed by atoms with van der Waals surface area (Å²) in [6.45, 7) is 14.5. The molecule has 0 saturated heterocycles. The number of hydrogen-bond acceptors (Lipinski definition) is 2. The van der Waals surface area contributed by atoms with Gasteiger partial charge < -0.3 is 4.90 Å². The van der Waals surface area contributed by atoms with Crippen molar-refractivity contribution in [3.05, 3.63) is 52.9 Å². The van der Waals surface area contributed by atoms with Crippen molar-refractivity contribution in [3.8, 4) is 0 Å². The molecule has 100 valence electrons. The summed E-state index contributed by atoms with van der Waals surface area (Å²) >= 11 is 0. The zero-order valence-corrected chi connectivity index (χ0v) is 15.1. The molecule has 0 saturated carbocycles. The molecule has 1 aromatic carbocycles. The van der Waals surface area contributed by atoms with E-state index < -0.39 is 0 Å². The molecule has 1 heterocycles. The molecule has 0 spiro atoms. The van der Waals surface area contributed by atoms with Gasteiger partial charge in [0, 0.05) is 32.5 Å². The summed E-state index contributed by atoms with van der Waals surface area (Å²) < 4.78 is 0. The van der Waals surface area contributed by atoms with Crippen molar-refractivity contribution in [2.45, 2.75) is 34.6 Å². The SMILES string of the molecule is C=C1C(C)=C(C)N=C(C)N1c1c[c-]c(C)cc1C.[W]. The van der Waals surface area contributed by atoms with Crippen LogP contribution in [0.3, 0.4) is 0 Å². The topological polar surface area (TPSA) is 15.6 Å².